The van der Waals surface area contributed by atoms with E-state index in [9.17, 15) is 0 Å². The first-order valence-electron chi connectivity index (χ1n) is 8.02. The molecule has 21 heavy (non-hydrogen) atoms. The van der Waals surface area contributed by atoms with Gasteiger partial charge in [0.05, 0.1) is 0 Å². The average molecular weight is 287 g/mol. The molecule has 0 unspecified atom stereocenters. The Balaban J connectivity index is 1.87. The summed E-state index contributed by atoms with van der Waals surface area (Å²) in [4.78, 5) is 7.10. The number of rotatable bonds is 4. The summed E-state index contributed by atoms with van der Waals surface area (Å²) in [6, 6.07) is 5.02. The zero-order valence-electron chi connectivity index (χ0n) is 13.0. The lowest BCUT2D eigenvalue weighted by Gasteiger charge is -2.35. The number of anilines is 1. The molecular weight excluding hydrogens is 262 g/mol. The molecule has 0 bridgehead atoms. The van der Waals surface area contributed by atoms with E-state index in [0.717, 1.165) is 50.2 Å². The van der Waals surface area contributed by atoms with Crippen LogP contribution in [0.1, 0.15) is 44.6 Å². The van der Waals surface area contributed by atoms with E-state index in [-0.39, 0.29) is 0 Å². The first kappa shape index (κ1) is 14.3. The summed E-state index contributed by atoms with van der Waals surface area (Å²) >= 11 is 0. The van der Waals surface area contributed by atoms with Crippen molar-refractivity contribution in [3.05, 3.63) is 23.9 Å². The molecule has 2 aromatic heterocycles. The molecule has 2 aromatic rings. The van der Waals surface area contributed by atoms with Crippen molar-refractivity contribution in [2.24, 2.45) is 5.73 Å². The van der Waals surface area contributed by atoms with Crippen molar-refractivity contribution in [2.75, 3.05) is 11.4 Å². The third-order valence-electron chi connectivity index (χ3n) is 4.37. The topological polar surface area (TPSA) is 59.5 Å². The molecule has 1 saturated carbocycles. The third-order valence-corrected chi connectivity index (χ3v) is 4.37. The average Bonchev–Trinajstić information content (AvgIpc) is 2.88. The molecule has 0 radical (unpaired) electrons. The number of pyridine rings is 1. The van der Waals surface area contributed by atoms with Gasteiger partial charge in [0.1, 0.15) is 0 Å². The van der Waals surface area contributed by atoms with E-state index in [0.29, 0.717) is 12.1 Å². The van der Waals surface area contributed by atoms with Crippen molar-refractivity contribution >= 4 is 11.6 Å². The van der Waals surface area contributed by atoms with E-state index in [2.05, 4.69) is 29.9 Å². The van der Waals surface area contributed by atoms with E-state index in [1.807, 2.05) is 16.8 Å². The van der Waals surface area contributed by atoms with E-state index in [4.69, 9.17) is 10.7 Å². The molecule has 1 fully saturated rings. The Hall–Kier alpha value is -1.62. The minimum absolute atomic E-state index is 0.376. The van der Waals surface area contributed by atoms with Gasteiger partial charge in [-0.15, -0.1) is 5.10 Å². The highest BCUT2D eigenvalue weighted by Crippen LogP contribution is 2.25. The van der Waals surface area contributed by atoms with Gasteiger partial charge in [-0.1, -0.05) is 13.0 Å². The van der Waals surface area contributed by atoms with Crippen LogP contribution in [0, 0.1) is 6.92 Å². The van der Waals surface area contributed by atoms with Gasteiger partial charge in [-0.3, -0.25) is 0 Å². The maximum absolute atomic E-state index is 6.03. The van der Waals surface area contributed by atoms with Crippen molar-refractivity contribution in [1.82, 2.24) is 14.6 Å². The SMILES string of the molecule is CCCN(c1nc2ccc(C)cn2n1)C1CCC(N)CC1. The second-order valence-corrected chi connectivity index (χ2v) is 6.18. The van der Waals surface area contributed by atoms with Crippen molar-refractivity contribution < 1.29 is 0 Å². The highest BCUT2D eigenvalue weighted by molar-refractivity contribution is 5.46. The summed E-state index contributed by atoms with van der Waals surface area (Å²) in [6.45, 7) is 5.30. The molecule has 2 N–H and O–H groups in total. The molecule has 0 aromatic carbocycles. The monoisotopic (exact) mass is 287 g/mol. The van der Waals surface area contributed by atoms with Gasteiger partial charge in [0.15, 0.2) is 5.65 Å². The fraction of sp³-hybridized carbons (Fsp3) is 0.625. The summed E-state index contributed by atoms with van der Waals surface area (Å²) in [7, 11) is 0. The van der Waals surface area contributed by atoms with Gasteiger partial charge in [0.25, 0.3) is 0 Å². The molecule has 0 atom stereocenters. The Bertz CT molecular complexity index is 598. The highest BCUT2D eigenvalue weighted by Gasteiger charge is 2.26. The van der Waals surface area contributed by atoms with Crippen LogP contribution in [0.3, 0.4) is 0 Å². The summed E-state index contributed by atoms with van der Waals surface area (Å²) in [5, 5.41) is 4.69. The second kappa shape index (κ2) is 6.02. The fourth-order valence-electron chi connectivity index (χ4n) is 3.20. The number of nitrogens with two attached hydrogens (primary N) is 1. The maximum Gasteiger partial charge on any atom is 0.245 e. The zero-order valence-corrected chi connectivity index (χ0v) is 13.0. The molecule has 0 amide bonds. The number of hydrogen-bond donors (Lipinski definition) is 1. The molecule has 0 spiro atoms. The molecular formula is C16H25N5. The maximum atomic E-state index is 6.03. The van der Waals surface area contributed by atoms with Crippen LogP contribution in [0.15, 0.2) is 18.3 Å². The number of aryl methyl sites for hydroxylation is 1. The number of hydrogen-bond acceptors (Lipinski definition) is 4. The standard InChI is InChI=1S/C16H25N5/c1-3-10-20(14-7-5-13(17)6-8-14)16-18-15-9-4-12(2)11-21(15)19-16/h4,9,11,13-14H,3,5-8,10,17H2,1-2H3. The molecule has 3 rings (SSSR count). The van der Waals surface area contributed by atoms with E-state index >= 15 is 0 Å². The summed E-state index contributed by atoms with van der Waals surface area (Å²) < 4.78 is 1.89. The number of aromatic nitrogens is 3. The lowest BCUT2D eigenvalue weighted by molar-refractivity contribution is 0.372. The van der Waals surface area contributed by atoms with Crippen LogP contribution in [0.2, 0.25) is 0 Å². The Morgan fingerprint density at radius 1 is 1.29 bits per heavy atom. The van der Waals surface area contributed by atoms with Crippen molar-refractivity contribution in [3.8, 4) is 0 Å². The first-order valence-corrected chi connectivity index (χ1v) is 8.02. The zero-order chi connectivity index (χ0) is 14.8. The number of fused-ring (bicyclic) bond motifs is 1. The van der Waals surface area contributed by atoms with Crippen LogP contribution in [-0.2, 0) is 0 Å². The van der Waals surface area contributed by atoms with E-state index in [1.165, 1.54) is 5.56 Å². The minimum atomic E-state index is 0.376. The van der Waals surface area contributed by atoms with Gasteiger partial charge in [0, 0.05) is 24.8 Å². The fourth-order valence-corrected chi connectivity index (χ4v) is 3.20. The Labute approximate surface area is 126 Å². The molecule has 5 nitrogen and oxygen atoms in total. The minimum Gasteiger partial charge on any atom is -0.337 e. The van der Waals surface area contributed by atoms with Crippen LogP contribution in [0.4, 0.5) is 5.95 Å². The van der Waals surface area contributed by atoms with Crippen molar-refractivity contribution in [3.63, 3.8) is 0 Å². The summed E-state index contributed by atoms with van der Waals surface area (Å²) in [6.07, 6.45) is 7.66. The summed E-state index contributed by atoms with van der Waals surface area (Å²) in [5.74, 6) is 0.864. The lowest BCUT2D eigenvalue weighted by atomic mass is 9.91. The molecule has 2 heterocycles. The molecule has 1 aliphatic rings. The van der Waals surface area contributed by atoms with Crippen LogP contribution in [0.25, 0.3) is 5.65 Å². The van der Waals surface area contributed by atoms with Crippen LogP contribution in [-0.4, -0.2) is 33.2 Å². The van der Waals surface area contributed by atoms with Gasteiger partial charge in [-0.2, -0.15) is 4.98 Å². The van der Waals surface area contributed by atoms with Gasteiger partial charge in [-0.05, 0) is 50.7 Å². The van der Waals surface area contributed by atoms with Gasteiger partial charge >= 0.3 is 0 Å². The van der Waals surface area contributed by atoms with E-state index < -0.39 is 0 Å². The van der Waals surface area contributed by atoms with Gasteiger partial charge < -0.3 is 10.6 Å². The van der Waals surface area contributed by atoms with Crippen LogP contribution in [0.5, 0.6) is 0 Å². The molecule has 1 aliphatic carbocycles. The Morgan fingerprint density at radius 3 is 2.76 bits per heavy atom. The van der Waals surface area contributed by atoms with Crippen molar-refractivity contribution in [1.29, 1.82) is 0 Å². The normalized spacial score (nSPS) is 22.6. The molecule has 5 heteroatoms. The predicted molar refractivity (Wildman–Crippen MR) is 85.6 cm³/mol. The van der Waals surface area contributed by atoms with Gasteiger partial charge in [-0.25, -0.2) is 4.52 Å². The Morgan fingerprint density at radius 2 is 2.05 bits per heavy atom. The third kappa shape index (κ3) is 3.02. The quantitative estimate of drug-likeness (QED) is 0.938. The molecule has 114 valence electrons. The van der Waals surface area contributed by atoms with Gasteiger partial charge in [0.2, 0.25) is 5.95 Å². The molecule has 0 aliphatic heterocycles. The summed E-state index contributed by atoms with van der Waals surface area (Å²) in [5.41, 5.74) is 8.15. The molecule has 0 saturated heterocycles. The number of nitrogens with zero attached hydrogens (tertiary/aromatic N) is 4. The van der Waals surface area contributed by atoms with E-state index in [1.54, 1.807) is 0 Å². The van der Waals surface area contributed by atoms with Crippen LogP contribution < -0.4 is 10.6 Å². The smallest absolute Gasteiger partial charge is 0.245 e. The predicted octanol–water partition coefficient (Wildman–Crippen LogP) is 2.52. The highest BCUT2D eigenvalue weighted by atomic mass is 15.4. The Kier molecular flexibility index (Phi) is 4.10. The lowest BCUT2D eigenvalue weighted by Crippen LogP contribution is -2.42. The van der Waals surface area contributed by atoms with Crippen molar-refractivity contribution in [2.45, 2.75) is 58.0 Å². The van der Waals surface area contributed by atoms with Crippen LogP contribution >= 0.6 is 0 Å². The first-order chi connectivity index (χ1) is 10.2. The second-order valence-electron chi connectivity index (χ2n) is 6.18. The largest absolute Gasteiger partial charge is 0.337 e.